The highest BCUT2D eigenvalue weighted by atomic mass is 35.5. The summed E-state index contributed by atoms with van der Waals surface area (Å²) in [7, 11) is 0. The second-order valence-corrected chi connectivity index (χ2v) is 4.78. The van der Waals surface area contributed by atoms with Crippen molar-refractivity contribution in [2.24, 2.45) is 0 Å². The SMILES string of the molecule is OC(Cc1cccc(F)c1Cl)c1cccc(C(F)F)c1. The van der Waals surface area contributed by atoms with Crippen LogP contribution in [0.1, 0.15) is 29.2 Å². The molecule has 1 unspecified atom stereocenters. The van der Waals surface area contributed by atoms with Gasteiger partial charge in [0.15, 0.2) is 0 Å². The average molecular weight is 301 g/mol. The van der Waals surface area contributed by atoms with Crippen LogP contribution in [0.2, 0.25) is 5.02 Å². The van der Waals surface area contributed by atoms with E-state index in [1.165, 1.54) is 30.3 Å². The van der Waals surface area contributed by atoms with Gasteiger partial charge in [-0.05, 0) is 23.3 Å². The molecule has 2 aromatic rings. The maximum absolute atomic E-state index is 13.3. The molecule has 0 amide bonds. The molecule has 1 atom stereocenters. The number of aliphatic hydroxyl groups excluding tert-OH is 1. The van der Waals surface area contributed by atoms with E-state index in [1.807, 2.05) is 0 Å². The molecule has 0 aromatic heterocycles. The normalized spacial score (nSPS) is 12.7. The van der Waals surface area contributed by atoms with Crippen molar-refractivity contribution >= 4 is 11.6 Å². The molecule has 1 N–H and O–H groups in total. The highest BCUT2D eigenvalue weighted by Crippen LogP contribution is 2.27. The van der Waals surface area contributed by atoms with E-state index in [2.05, 4.69) is 0 Å². The summed E-state index contributed by atoms with van der Waals surface area (Å²) >= 11 is 5.80. The Hall–Kier alpha value is -1.52. The summed E-state index contributed by atoms with van der Waals surface area (Å²) in [4.78, 5) is 0. The van der Waals surface area contributed by atoms with Gasteiger partial charge in [0.05, 0.1) is 11.1 Å². The van der Waals surface area contributed by atoms with Crippen molar-refractivity contribution in [3.8, 4) is 0 Å². The largest absolute Gasteiger partial charge is 0.388 e. The van der Waals surface area contributed by atoms with Crippen LogP contribution < -0.4 is 0 Å². The van der Waals surface area contributed by atoms with E-state index in [1.54, 1.807) is 12.1 Å². The van der Waals surface area contributed by atoms with Crippen molar-refractivity contribution < 1.29 is 18.3 Å². The zero-order chi connectivity index (χ0) is 14.7. The lowest BCUT2D eigenvalue weighted by molar-refractivity contribution is 0.149. The predicted molar refractivity (Wildman–Crippen MR) is 71.5 cm³/mol. The van der Waals surface area contributed by atoms with E-state index in [-0.39, 0.29) is 17.0 Å². The van der Waals surface area contributed by atoms with E-state index in [0.29, 0.717) is 11.1 Å². The average Bonchev–Trinajstić information content (AvgIpc) is 2.44. The minimum Gasteiger partial charge on any atom is -0.388 e. The van der Waals surface area contributed by atoms with Crippen LogP contribution in [-0.2, 0) is 6.42 Å². The Morgan fingerprint density at radius 1 is 1.05 bits per heavy atom. The third-order valence-corrected chi connectivity index (χ3v) is 3.42. The molecule has 5 heteroatoms. The van der Waals surface area contributed by atoms with Gasteiger partial charge in [-0.25, -0.2) is 13.2 Å². The Bertz CT molecular complexity index is 601. The molecule has 106 valence electrons. The van der Waals surface area contributed by atoms with E-state index in [0.717, 1.165) is 0 Å². The van der Waals surface area contributed by atoms with Gasteiger partial charge in [0.2, 0.25) is 0 Å². The van der Waals surface area contributed by atoms with Crippen LogP contribution in [0.5, 0.6) is 0 Å². The summed E-state index contributed by atoms with van der Waals surface area (Å²) in [6.07, 6.45) is -3.56. The molecule has 0 aliphatic heterocycles. The summed E-state index contributed by atoms with van der Waals surface area (Å²) in [6, 6.07) is 9.82. The molecule has 1 nitrogen and oxygen atoms in total. The minimum absolute atomic E-state index is 0.0587. The highest BCUT2D eigenvalue weighted by Gasteiger charge is 2.15. The fourth-order valence-electron chi connectivity index (χ4n) is 1.93. The monoisotopic (exact) mass is 300 g/mol. The Morgan fingerprint density at radius 2 is 1.70 bits per heavy atom. The first-order valence-corrected chi connectivity index (χ1v) is 6.36. The van der Waals surface area contributed by atoms with Crippen molar-refractivity contribution in [2.75, 3.05) is 0 Å². The fraction of sp³-hybridized carbons (Fsp3) is 0.200. The number of hydrogen-bond donors (Lipinski definition) is 1. The van der Waals surface area contributed by atoms with Gasteiger partial charge in [-0.2, -0.15) is 0 Å². The van der Waals surface area contributed by atoms with Crippen LogP contribution in [-0.4, -0.2) is 5.11 Å². The summed E-state index contributed by atoms with van der Waals surface area (Å²) < 4.78 is 38.5. The van der Waals surface area contributed by atoms with Gasteiger partial charge in [0.25, 0.3) is 6.43 Å². The lowest BCUT2D eigenvalue weighted by Crippen LogP contribution is -2.03. The quantitative estimate of drug-likeness (QED) is 0.868. The molecular weight excluding hydrogens is 289 g/mol. The van der Waals surface area contributed by atoms with Crippen LogP contribution in [0.4, 0.5) is 13.2 Å². The van der Waals surface area contributed by atoms with Crippen molar-refractivity contribution in [1.29, 1.82) is 0 Å². The smallest absolute Gasteiger partial charge is 0.263 e. The summed E-state index contributed by atoms with van der Waals surface area (Å²) in [6.45, 7) is 0. The van der Waals surface area contributed by atoms with Crippen molar-refractivity contribution in [3.63, 3.8) is 0 Å². The lowest BCUT2D eigenvalue weighted by Gasteiger charge is -2.13. The zero-order valence-electron chi connectivity index (χ0n) is 10.4. The zero-order valence-corrected chi connectivity index (χ0v) is 11.1. The molecule has 0 fully saturated rings. The third-order valence-electron chi connectivity index (χ3n) is 2.99. The molecule has 2 aromatic carbocycles. The number of halogens is 4. The standard InChI is InChI=1S/C15H12ClF3O/c16-14-10(4-2-6-12(14)17)8-13(20)9-3-1-5-11(7-9)15(18)19/h1-7,13,15,20H,8H2. The van der Waals surface area contributed by atoms with E-state index in [4.69, 9.17) is 11.6 Å². The first-order chi connectivity index (χ1) is 9.49. The number of rotatable bonds is 4. The van der Waals surface area contributed by atoms with E-state index >= 15 is 0 Å². The summed E-state index contributed by atoms with van der Waals surface area (Å²) in [5.41, 5.74) is 0.622. The van der Waals surface area contributed by atoms with Gasteiger partial charge in [-0.3, -0.25) is 0 Å². The molecule has 0 radical (unpaired) electrons. The van der Waals surface area contributed by atoms with Crippen LogP contribution in [0.15, 0.2) is 42.5 Å². The molecule has 0 aliphatic rings. The van der Waals surface area contributed by atoms with E-state index < -0.39 is 18.3 Å². The first-order valence-electron chi connectivity index (χ1n) is 5.98. The van der Waals surface area contributed by atoms with Crippen LogP contribution in [0.25, 0.3) is 0 Å². The van der Waals surface area contributed by atoms with Crippen molar-refractivity contribution in [1.82, 2.24) is 0 Å². The third kappa shape index (κ3) is 3.32. The van der Waals surface area contributed by atoms with Gasteiger partial charge < -0.3 is 5.11 Å². The number of hydrogen-bond acceptors (Lipinski definition) is 1. The second-order valence-electron chi connectivity index (χ2n) is 4.40. The molecule has 2 rings (SSSR count). The maximum atomic E-state index is 13.3. The number of aliphatic hydroxyl groups is 1. The first kappa shape index (κ1) is 14.9. The van der Waals surface area contributed by atoms with Crippen LogP contribution in [0, 0.1) is 5.82 Å². The van der Waals surface area contributed by atoms with Gasteiger partial charge in [0, 0.05) is 12.0 Å². The second kappa shape index (κ2) is 6.29. The van der Waals surface area contributed by atoms with Crippen molar-refractivity contribution in [3.05, 3.63) is 70.0 Å². The van der Waals surface area contributed by atoms with Crippen molar-refractivity contribution in [2.45, 2.75) is 19.0 Å². The topological polar surface area (TPSA) is 20.2 Å². The number of benzene rings is 2. The summed E-state index contributed by atoms with van der Waals surface area (Å²) in [5.74, 6) is -0.572. The van der Waals surface area contributed by atoms with E-state index in [9.17, 15) is 18.3 Å². The van der Waals surface area contributed by atoms with Crippen LogP contribution in [0.3, 0.4) is 0 Å². The molecule has 0 saturated carbocycles. The van der Waals surface area contributed by atoms with Gasteiger partial charge in [-0.1, -0.05) is 41.9 Å². The Balaban J connectivity index is 2.21. The predicted octanol–water partition coefficient (Wildman–Crippen LogP) is 4.69. The van der Waals surface area contributed by atoms with Gasteiger partial charge in [-0.15, -0.1) is 0 Å². The Labute approximate surface area is 119 Å². The summed E-state index contributed by atoms with van der Waals surface area (Å²) in [5, 5.41) is 10.0. The number of alkyl halides is 2. The molecule has 0 saturated heterocycles. The molecule has 20 heavy (non-hydrogen) atoms. The van der Waals surface area contributed by atoms with Gasteiger partial charge >= 0.3 is 0 Å². The van der Waals surface area contributed by atoms with Gasteiger partial charge in [0.1, 0.15) is 5.82 Å². The highest BCUT2D eigenvalue weighted by molar-refractivity contribution is 6.31. The lowest BCUT2D eigenvalue weighted by atomic mass is 9.99. The van der Waals surface area contributed by atoms with Crippen LogP contribution >= 0.6 is 11.6 Å². The molecule has 0 spiro atoms. The Morgan fingerprint density at radius 3 is 2.40 bits per heavy atom. The minimum atomic E-state index is -2.60. The maximum Gasteiger partial charge on any atom is 0.263 e. The molecular formula is C15H12ClF3O. The molecule has 0 aliphatic carbocycles. The Kier molecular flexibility index (Phi) is 4.68. The molecule has 0 heterocycles. The fourth-order valence-corrected chi connectivity index (χ4v) is 2.14. The molecule has 0 bridgehead atoms.